The van der Waals surface area contributed by atoms with Gasteiger partial charge in [-0.15, -0.1) is 11.3 Å². The number of benzene rings is 9. The molecule has 2 heterocycles. The Kier molecular flexibility index (Phi) is 8.58. The molecular weight excluding hydrogens is 771 g/mol. The molecule has 0 spiro atoms. The minimum atomic E-state index is -0.507. The van der Waals surface area contributed by atoms with Crippen LogP contribution in [0.1, 0.15) is 22.3 Å². The number of hydrogen-bond acceptors (Lipinski definition) is 4. The molecule has 9 aromatic carbocycles. The second-order valence-corrected chi connectivity index (χ2v) is 17.0. The van der Waals surface area contributed by atoms with Gasteiger partial charge in [0, 0.05) is 36.9 Å². The third kappa shape index (κ3) is 5.83. The van der Waals surface area contributed by atoms with Gasteiger partial charge in [0.1, 0.15) is 0 Å². The monoisotopic (exact) mass is 807 g/mol. The number of fused-ring (bicyclic) bond motifs is 6. The number of nitrogens with zero attached hydrogens (tertiary/aromatic N) is 3. The Bertz CT molecular complexity index is 3350. The molecule has 62 heavy (non-hydrogen) atoms. The summed E-state index contributed by atoms with van der Waals surface area (Å²) in [4.78, 5) is 15.9. The van der Waals surface area contributed by atoms with Gasteiger partial charge < -0.3 is 0 Å². The van der Waals surface area contributed by atoms with E-state index in [2.05, 4.69) is 206 Å². The molecule has 1 aliphatic carbocycles. The average Bonchev–Trinajstić information content (AvgIpc) is 3.88. The molecule has 2 aromatic heterocycles. The van der Waals surface area contributed by atoms with Crippen LogP contribution in [0.4, 0.5) is 0 Å². The predicted octanol–water partition coefficient (Wildman–Crippen LogP) is 14.9. The highest BCUT2D eigenvalue weighted by atomic mass is 32.1. The Morgan fingerprint density at radius 1 is 0.306 bits per heavy atom. The number of hydrogen-bond donors (Lipinski definition) is 0. The van der Waals surface area contributed by atoms with Crippen LogP contribution in [0, 0.1) is 0 Å². The predicted molar refractivity (Wildman–Crippen MR) is 257 cm³/mol. The topological polar surface area (TPSA) is 38.7 Å². The summed E-state index contributed by atoms with van der Waals surface area (Å²) in [6.07, 6.45) is 0. The van der Waals surface area contributed by atoms with Crippen LogP contribution in [0.5, 0.6) is 0 Å². The lowest BCUT2D eigenvalue weighted by atomic mass is 9.67. The van der Waals surface area contributed by atoms with Gasteiger partial charge in [0.05, 0.1) is 5.41 Å². The van der Waals surface area contributed by atoms with E-state index in [1.54, 1.807) is 0 Å². The fourth-order valence-electron chi connectivity index (χ4n) is 9.65. The minimum absolute atomic E-state index is 0.507. The van der Waals surface area contributed by atoms with Crippen LogP contribution in [-0.2, 0) is 5.41 Å². The fraction of sp³-hybridized carbons (Fsp3) is 0.0172. The van der Waals surface area contributed by atoms with Crippen LogP contribution >= 0.6 is 11.3 Å². The van der Waals surface area contributed by atoms with E-state index in [1.165, 1.54) is 48.2 Å². The van der Waals surface area contributed by atoms with E-state index in [-0.39, 0.29) is 0 Å². The molecular formula is C58H37N3S. The molecule has 11 aromatic rings. The molecule has 0 unspecified atom stereocenters. The Morgan fingerprint density at radius 2 is 0.790 bits per heavy atom. The Hall–Kier alpha value is -7.79. The summed E-state index contributed by atoms with van der Waals surface area (Å²) in [5.41, 5.74) is 14.5. The lowest BCUT2D eigenvalue weighted by Gasteiger charge is -2.34. The molecule has 290 valence electrons. The minimum Gasteiger partial charge on any atom is -0.208 e. The molecule has 3 nitrogen and oxygen atoms in total. The molecule has 1 aliphatic rings. The van der Waals surface area contributed by atoms with E-state index in [9.17, 15) is 0 Å². The summed E-state index contributed by atoms with van der Waals surface area (Å²) >= 11 is 1.82. The van der Waals surface area contributed by atoms with Crippen molar-refractivity contribution in [3.63, 3.8) is 0 Å². The van der Waals surface area contributed by atoms with Gasteiger partial charge >= 0.3 is 0 Å². The van der Waals surface area contributed by atoms with Crippen LogP contribution in [-0.4, -0.2) is 15.0 Å². The smallest absolute Gasteiger partial charge is 0.164 e. The molecule has 0 saturated heterocycles. The lowest BCUT2D eigenvalue weighted by Crippen LogP contribution is -2.28. The van der Waals surface area contributed by atoms with E-state index in [0.29, 0.717) is 17.5 Å². The van der Waals surface area contributed by atoms with Crippen molar-refractivity contribution < 1.29 is 0 Å². The lowest BCUT2D eigenvalue weighted by molar-refractivity contribution is 0.770. The highest BCUT2D eigenvalue weighted by Gasteiger charge is 2.46. The van der Waals surface area contributed by atoms with E-state index in [4.69, 9.17) is 15.0 Å². The molecule has 0 N–H and O–H groups in total. The molecule has 0 atom stereocenters. The van der Waals surface area contributed by atoms with Crippen molar-refractivity contribution in [2.24, 2.45) is 0 Å². The molecule has 0 saturated carbocycles. The van der Waals surface area contributed by atoms with Gasteiger partial charge in [-0.3, -0.25) is 0 Å². The molecule has 0 bridgehead atoms. The fourth-order valence-corrected chi connectivity index (χ4v) is 10.8. The largest absolute Gasteiger partial charge is 0.208 e. The standard InChI is InChI=1S/C58H37N3S/c1-5-18-38(19-6-1)41-34-42(39-20-7-2-8-21-39)36-43(35-41)56-59-55(40-22-9-3-10-23-40)60-57(61-56)48-28-17-31-53-54(48)49-37-45(32-33-52(49)62-53)58(44-24-11-4-12-25-44)50-29-15-13-26-46(50)47-27-14-16-30-51(47)58/h1-37H. The number of rotatable bonds is 7. The first-order valence-electron chi connectivity index (χ1n) is 21.0. The highest BCUT2D eigenvalue weighted by molar-refractivity contribution is 7.25. The van der Waals surface area contributed by atoms with E-state index in [0.717, 1.165) is 44.3 Å². The molecule has 0 amide bonds. The summed E-state index contributed by atoms with van der Waals surface area (Å²) in [6.45, 7) is 0. The van der Waals surface area contributed by atoms with Crippen molar-refractivity contribution in [3.8, 4) is 67.5 Å². The first kappa shape index (κ1) is 36.1. The van der Waals surface area contributed by atoms with Gasteiger partial charge in [0.25, 0.3) is 0 Å². The van der Waals surface area contributed by atoms with Gasteiger partial charge in [-0.2, -0.15) is 0 Å². The molecule has 4 heteroatoms. The maximum atomic E-state index is 5.41. The van der Waals surface area contributed by atoms with E-state index >= 15 is 0 Å². The SMILES string of the molecule is c1ccc(-c2cc(-c3ccccc3)cc(-c3nc(-c4ccccc4)nc(-c4cccc5sc6ccc(C7(c8ccccc8)c8ccccc8-c8ccccc87)cc6c45)n3)c2)cc1. The molecule has 12 rings (SSSR count). The van der Waals surface area contributed by atoms with Crippen LogP contribution in [0.25, 0.3) is 87.7 Å². The number of thiophene rings is 1. The Morgan fingerprint density at radius 3 is 1.40 bits per heavy atom. The van der Waals surface area contributed by atoms with Gasteiger partial charge in [0.2, 0.25) is 0 Å². The zero-order valence-electron chi connectivity index (χ0n) is 33.6. The summed E-state index contributed by atoms with van der Waals surface area (Å²) in [5, 5.41) is 2.34. The Labute approximate surface area is 364 Å². The summed E-state index contributed by atoms with van der Waals surface area (Å²) in [5.74, 6) is 1.91. The van der Waals surface area contributed by atoms with E-state index < -0.39 is 5.41 Å². The van der Waals surface area contributed by atoms with Gasteiger partial charge in [-0.05, 0) is 92.0 Å². The van der Waals surface area contributed by atoms with Crippen molar-refractivity contribution in [2.75, 3.05) is 0 Å². The average molecular weight is 808 g/mol. The maximum absolute atomic E-state index is 5.41. The second-order valence-electron chi connectivity index (χ2n) is 15.9. The van der Waals surface area contributed by atoms with Gasteiger partial charge in [-0.1, -0.05) is 188 Å². The second kappa shape index (κ2) is 14.7. The van der Waals surface area contributed by atoms with Crippen LogP contribution in [0.3, 0.4) is 0 Å². The summed E-state index contributed by atoms with van der Waals surface area (Å²) in [6, 6.07) is 80.5. The van der Waals surface area contributed by atoms with Crippen LogP contribution in [0.2, 0.25) is 0 Å². The first-order chi connectivity index (χ1) is 30.7. The summed E-state index contributed by atoms with van der Waals surface area (Å²) in [7, 11) is 0. The summed E-state index contributed by atoms with van der Waals surface area (Å²) < 4.78 is 2.41. The van der Waals surface area contributed by atoms with Crippen molar-refractivity contribution >= 4 is 31.5 Å². The van der Waals surface area contributed by atoms with Crippen molar-refractivity contribution in [1.29, 1.82) is 0 Å². The van der Waals surface area contributed by atoms with Crippen molar-refractivity contribution in [2.45, 2.75) is 5.41 Å². The van der Waals surface area contributed by atoms with Crippen LogP contribution < -0.4 is 0 Å². The molecule has 0 radical (unpaired) electrons. The maximum Gasteiger partial charge on any atom is 0.164 e. The van der Waals surface area contributed by atoms with Crippen molar-refractivity contribution in [3.05, 3.63) is 247 Å². The van der Waals surface area contributed by atoms with Gasteiger partial charge in [-0.25, -0.2) is 15.0 Å². The third-order valence-electron chi connectivity index (χ3n) is 12.4. The quantitative estimate of drug-likeness (QED) is 0.161. The van der Waals surface area contributed by atoms with Crippen LogP contribution in [0.15, 0.2) is 224 Å². The molecule has 0 fully saturated rings. The Balaban J connectivity index is 1.11. The zero-order chi connectivity index (χ0) is 41.0. The van der Waals surface area contributed by atoms with Crippen molar-refractivity contribution in [1.82, 2.24) is 15.0 Å². The van der Waals surface area contributed by atoms with E-state index in [1.807, 2.05) is 29.5 Å². The highest BCUT2D eigenvalue weighted by Crippen LogP contribution is 2.57. The third-order valence-corrected chi connectivity index (χ3v) is 13.5. The number of aromatic nitrogens is 3. The molecule has 0 aliphatic heterocycles. The first-order valence-corrected chi connectivity index (χ1v) is 21.8. The van der Waals surface area contributed by atoms with Gasteiger partial charge in [0.15, 0.2) is 17.5 Å². The normalized spacial score (nSPS) is 12.6. The zero-order valence-corrected chi connectivity index (χ0v) is 34.4.